The van der Waals surface area contributed by atoms with Crippen LogP contribution in [0.25, 0.3) is 0 Å². The van der Waals surface area contributed by atoms with E-state index in [4.69, 9.17) is 11.6 Å². The summed E-state index contributed by atoms with van der Waals surface area (Å²) in [5.41, 5.74) is 4.83. The van der Waals surface area contributed by atoms with Gasteiger partial charge in [-0.1, -0.05) is 54.1 Å². The van der Waals surface area contributed by atoms with Crippen molar-refractivity contribution in [1.82, 2.24) is 0 Å². The molecule has 0 radical (unpaired) electrons. The van der Waals surface area contributed by atoms with Crippen LogP contribution in [0.2, 0.25) is 5.02 Å². The van der Waals surface area contributed by atoms with Gasteiger partial charge in [0.1, 0.15) is 12.6 Å². The summed E-state index contributed by atoms with van der Waals surface area (Å²) in [5.74, 6) is -0.120. The Bertz CT molecular complexity index is 907. The van der Waals surface area contributed by atoms with Crippen molar-refractivity contribution >= 4 is 23.2 Å². The maximum absolute atomic E-state index is 12.4. The minimum atomic E-state index is -0.120. The molecule has 138 valence electrons. The Kier molecular flexibility index (Phi) is 6.28. The lowest BCUT2D eigenvalue weighted by atomic mass is 10.1. The molecule has 0 aliphatic carbocycles. The van der Waals surface area contributed by atoms with E-state index in [0.29, 0.717) is 16.6 Å². The zero-order chi connectivity index (χ0) is 19.2. The van der Waals surface area contributed by atoms with E-state index in [-0.39, 0.29) is 5.91 Å². The highest BCUT2D eigenvalue weighted by molar-refractivity contribution is 6.31. The maximum Gasteiger partial charge on any atom is 0.255 e. The normalized spacial score (nSPS) is 11.8. The summed E-state index contributed by atoms with van der Waals surface area (Å²) in [5, 5.41) is 5.90. The fourth-order valence-corrected chi connectivity index (χ4v) is 3.04. The Morgan fingerprint density at radius 1 is 1.04 bits per heavy atom. The zero-order valence-electron chi connectivity index (χ0n) is 15.6. The maximum atomic E-state index is 12.4. The van der Waals surface area contributed by atoms with E-state index in [9.17, 15) is 4.79 Å². The molecule has 0 heterocycles. The Balaban J connectivity index is 1.57. The standard InChI is InChI=1S/C23H23ClN2O/c1-16-14-21(12-13-22(16)24)26-23(27)20-10-8-18(9-11-20)15-25-17(2)19-6-4-3-5-7-19/h3-14,17,25H,15H2,1-2H3,(H,26,27)/p+1/t17-/m0/s1. The van der Waals surface area contributed by atoms with Crippen LogP contribution in [-0.4, -0.2) is 5.91 Å². The van der Waals surface area contributed by atoms with Crippen LogP contribution in [0.1, 0.15) is 40.0 Å². The highest BCUT2D eigenvalue weighted by atomic mass is 35.5. The molecular formula is C23H24ClN2O+. The third kappa shape index (κ3) is 5.19. The third-order valence-electron chi connectivity index (χ3n) is 4.66. The lowest BCUT2D eigenvalue weighted by Gasteiger charge is -2.11. The van der Waals surface area contributed by atoms with Gasteiger partial charge in [-0.05, 0) is 49.7 Å². The van der Waals surface area contributed by atoms with Gasteiger partial charge < -0.3 is 10.6 Å². The van der Waals surface area contributed by atoms with Crippen molar-refractivity contribution in [3.63, 3.8) is 0 Å². The molecule has 0 saturated heterocycles. The zero-order valence-corrected chi connectivity index (χ0v) is 16.3. The van der Waals surface area contributed by atoms with Crippen molar-refractivity contribution < 1.29 is 10.1 Å². The van der Waals surface area contributed by atoms with Gasteiger partial charge in [0.25, 0.3) is 5.91 Å². The van der Waals surface area contributed by atoms with Crippen LogP contribution in [0.15, 0.2) is 72.8 Å². The fourth-order valence-electron chi connectivity index (χ4n) is 2.92. The number of nitrogens with one attached hydrogen (secondary N) is 1. The number of hydrogen-bond acceptors (Lipinski definition) is 1. The van der Waals surface area contributed by atoms with E-state index < -0.39 is 0 Å². The molecule has 3 nitrogen and oxygen atoms in total. The first-order valence-corrected chi connectivity index (χ1v) is 9.45. The van der Waals surface area contributed by atoms with Gasteiger partial charge in [0, 0.05) is 27.4 Å². The SMILES string of the molecule is Cc1cc(NC(=O)c2ccc(C[NH2+][C@@H](C)c3ccccc3)cc2)ccc1Cl. The molecule has 3 aromatic carbocycles. The molecule has 4 heteroatoms. The number of carbonyl (C=O) groups is 1. The van der Waals surface area contributed by atoms with Gasteiger partial charge in [-0.2, -0.15) is 0 Å². The van der Waals surface area contributed by atoms with Crippen LogP contribution in [0.3, 0.4) is 0 Å². The smallest absolute Gasteiger partial charge is 0.255 e. The van der Waals surface area contributed by atoms with Crippen molar-refractivity contribution in [2.45, 2.75) is 26.4 Å². The number of quaternary nitrogens is 1. The van der Waals surface area contributed by atoms with Crippen LogP contribution in [0.4, 0.5) is 5.69 Å². The summed E-state index contributed by atoms with van der Waals surface area (Å²) >= 11 is 6.03. The molecule has 3 rings (SSSR count). The molecule has 0 aromatic heterocycles. The molecule has 1 amide bonds. The van der Waals surface area contributed by atoms with Gasteiger partial charge in [-0.3, -0.25) is 4.79 Å². The van der Waals surface area contributed by atoms with Crippen LogP contribution < -0.4 is 10.6 Å². The summed E-state index contributed by atoms with van der Waals surface area (Å²) < 4.78 is 0. The van der Waals surface area contributed by atoms with Crippen molar-refractivity contribution in [2.24, 2.45) is 0 Å². The summed E-state index contributed by atoms with van der Waals surface area (Å²) in [6.07, 6.45) is 0. The molecule has 3 aromatic rings. The monoisotopic (exact) mass is 379 g/mol. The molecule has 0 aliphatic rings. The van der Waals surface area contributed by atoms with Crippen molar-refractivity contribution in [3.8, 4) is 0 Å². The lowest BCUT2D eigenvalue weighted by Crippen LogP contribution is -2.83. The molecule has 0 fully saturated rings. The number of aryl methyl sites for hydroxylation is 1. The van der Waals surface area contributed by atoms with E-state index >= 15 is 0 Å². The largest absolute Gasteiger partial charge is 0.337 e. The predicted octanol–water partition coefficient (Wildman–Crippen LogP) is 4.73. The number of rotatable bonds is 6. The topological polar surface area (TPSA) is 45.7 Å². The molecule has 3 N–H and O–H groups in total. The van der Waals surface area contributed by atoms with E-state index in [2.05, 4.69) is 41.8 Å². The Morgan fingerprint density at radius 3 is 2.41 bits per heavy atom. The molecular weight excluding hydrogens is 356 g/mol. The fraction of sp³-hybridized carbons (Fsp3) is 0.174. The van der Waals surface area contributed by atoms with Crippen LogP contribution in [-0.2, 0) is 6.54 Å². The van der Waals surface area contributed by atoms with E-state index in [1.165, 1.54) is 11.1 Å². The Morgan fingerprint density at radius 2 is 1.74 bits per heavy atom. The third-order valence-corrected chi connectivity index (χ3v) is 5.09. The first kappa shape index (κ1) is 19.2. The van der Waals surface area contributed by atoms with Gasteiger partial charge >= 0.3 is 0 Å². The van der Waals surface area contributed by atoms with Crippen molar-refractivity contribution in [3.05, 3.63) is 100 Å². The van der Waals surface area contributed by atoms with Gasteiger partial charge in [-0.15, -0.1) is 0 Å². The first-order chi connectivity index (χ1) is 13.0. The molecule has 0 aliphatic heterocycles. The second kappa shape index (κ2) is 8.85. The highest BCUT2D eigenvalue weighted by Crippen LogP contribution is 2.20. The number of carbonyl (C=O) groups excluding carboxylic acids is 1. The average molecular weight is 380 g/mol. The second-order valence-corrected chi connectivity index (χ2v) is 7.16. The van der Waals surface area contributed by atoms with E-state index in [1.807, 2.05) is 49.4 Å². The minimum Gasteiger partial charge on any atom is -0.337 e. The quantitative estimate of drug-likeness (QED) is 0.639. The minimum absolute atomic E-state index is 0.120. The molecule has 0 saturated carbocycles. The van der Waals surface area contributed by atoms with E-state index in [1.54, 1.807) is 6.07 Å². The second-order valence-electron chi connectivity index (χ2n) is 6.75. The molecule has 0 bridgehead atoms. The molecule has 1 atom stereocenters. The molecule has 0 spiro atoms. The number of benzene rings is 3. The van der Waals surface area contributed by atoms with Crippen LogP contribution >= 0.6 is 11.6 Å². The summed E-state index contributed by atoms with van der Waals surface area (Å²) in [4.78, 5) is 12.4. The lowest BCUT2D eigenvalue weighted by molar-refractivity contribution is -0.707. The predicted molar refractivity (Wildman–Crippen MR) is 111 cm³/mol. The summed E-state index contributed by atoms with van der Waals surface area (Å²) in [6.45, 7) is 4.99. The number of anilines is 1. The highest BCUT2D eigenvalue weighted by Gasteiger charge is 2.10. The average Bonchev–Trinajstić information content (AvgIpc) is 2.70. The number of nitrogens with two attached hydrogens (primary N) is 1. The van der Waals surface area contributed by atoms with Gasteiger partial charge in [0.2, 0.25) is 0 Å². The number of hydrogen-bond donors (Lipinski definition) is 2. The Labute approximate surface area is 165 Å². The van der Waals surface area contributed by atoms with Gasteiger partial charge in [0.05, 0.1) is 0 Å². The summed E-state index contributed by atoms with van der Waals surface area (Å²) in [6, 6.07) is 24.1. The van der Waals surface area contributed by atoms with Crippen molar-refractivity contribution in [2.75, 3.05) is 5.32 Å². The number of halogens is 1. The van der Waals surface area contributed by atoms with Gasteiger partial charge in [0.15, 0.2) is 0 Å². The van der Waals surface area contributed by atoms with Gasteiger partial charge in [-0.25, -0.2) is 0 Å². The molecule has 27 heavy (non-hydrogen) atoms. The Hall–Kier alpha value is -2.62. The van der Waals surface area contributed by atoms with Crippen molar-refractivity contribution in [1.29, 1.82) is 0 Å². The van der Waals surface area contributed by atoms with Crippen LogP contribution in [0, 0.1) is 6.92 Å². The number of amides is 1. The summed E-state index contributed by atoms with van der Waals surface area (Å²) in [7, 11) is 0. The first-order valence-electron chi connectivity index (χ1n) is 9.07. The van der Waals surface area contributed by atoms with Crippen LogP contribution in [0.5, 0.6) is 0 Å². The molecule has 0 unspecified atom stereocenters. The van der Waals surface area contributed by atoms with E-state index in [0.717, 1.165) is 17.8 Å².